The molecule has 0 unspecified atom stereocenters. The molecule has 1 fully saturated rings. The van der Waals surface area contributed by atoms with Gasteiger partial charge in [-0.3, -0.25) is 0 Å². The molecule has 0 amide bonds. The van der Waals surface area contributed by atoms with E-state index in [1.807, 2.05) is 11.8 Å². The van der Waals surface area contributed by atoms with Gasteiger partial charge in [0.2, 0.25) is 0 Å². The predicted octanol–water partition coefficient (Wildman–Crippen LogP) is 5.59. The van der Waals surface area contributed by atoms with Gasteiger partial charge in [-0.2, -0.15) is 11.8 Å². The minimum atomic E-state index is 0.471. The van der Waals surface area contributed by atoms with Crippen LogP contribution in [0.25, 0.3) is 0 Å². The first-order chi connectivity index (χ1) is 7.93. The van der Waals surface area contributed by atoms with Gasteiger partial charge in [0.15, 0.2) is 0 Å². The fraction of sp³-hybridized carbons (Fsp3) is 1.00. The fourth-order valence-corrected chi connectivity index (χ4v) is 3.97. The molecule has 0 N–H and O–H groups in total. The Bertz CT molecular complexity index is 211. The lowest BCUT2D eigenvalue weighted by Crippen LogP contribution is -2.34. The smallest absolute Gasteiger partial charge is 0.0280 e. The van der Waals surface area contributed by atoms with Gasteiger partial charge in [0, 0.05) is 5.88 Å². The summed E-state index contributed by atoms with van der Waals surface area (Å²) in [6, 6.07) is 0. The molecule has 0 heterocycles. The summed E-state index contributed by atoms with van der Waals surface area (Å²) < 4.78 is 0. The van der Waals surface area contributed by atoms with Crippen LogP contribution in [-0.2, 0) is 0 Å². The molecule has 1 rings (SSSR count). The van der Waals surface area contributed by atoms with E-state index in [2.05, 4.69) is 27.0 Å². The van der Waals surface area contributed by atoms with Gasteiger partial charge in [-0.05, 0) is 67.3 Å². The standard InChI is InChI=1S/C15H29ClS/c1-14(2,3)13-6-9-15(12-16,10-7-13)8-5-11-17-4/h13H,5-12H2,1-4H3. The first-order valence-corrected chi connectivity index (χ1v) is 8.91. The summed E-state index contributed by atoms with van der Waals surface area (Å²) in [5.74, 6) is 3.07. The molecule has 0 saturated heterocycles. The highest BCUT2D eigenvalue weighted by Crippen LogP contribution is 2.48. The van der Waals surface area contributed by atoms with Crippen LogP contribution in [-0.4, -0.2) is 17.9 Å². The lowest BCUT2D eigenvalue weighted by Gasteiger charge is -2.43. The number of hydrogen-bond donors (Lipinski definition) is 0. The van der Waals surface area contributed by atoms with E-state index in [0.717, 1.165) is 11.8 Å². The third-order valence-electron chi connectivity index (χ3n) is 4.61. The Morgan fingerprint density at radius 2 is 1.82 bits per heavy atom. The van der Waals surface area contributed by atoms with Gasteiger partial charge in [-0.25, -0.2) is 0 Å². The van der Waals surface area contributed by atoms with E-state index in [-0.39, 0.29) is 0 Å². The third-order valence-corrected chi connectivity index (χ3v) is 5.87. The summed E-state index contributed by atoms with van der Waals surface area (Å²) in [5.41, 5.74) is 0.955. The van der Waals surface area contributed by atoms with Gasteiger partial charge in [0.25, 0.3) is 0 Å². The maximum atomic E-state index is 6.27. The second kappa shape index (κ2) is 6.70. The monoisotopic (exact) mass is 276 g/mol. The lowest BCUT2D eigenvalue weighted by molar-refractivity contribution is 0.0954. The zero-order valence-corrected chi connectivity index (χ0v) is 13.6. The van der Waals surface area contributed by atoms with Gasteiger partial charge in [-0.1, -0.05) is 20.8 Å². The molecule has 102 valence electrons. The molecule has 2 heteroatoms. The molecule has 17 heavy (non-hydrogen) atoms. The van der Waals surface area contributed by atoms with E-state index in [4.69, 9.17) is 11.6 Å². The highest BCUT2D eigenvalue weighted by molar-refractivity contribution is 7.98. The molecule has 0 aromatic rings. The Morgan fingerprint density at radius 3 is 2.24 bits per heavy atom. The second-order valence-electron chi connectivity index (χ2n) is 6.87. The van der Waals surface area contributed by atoms with Crippen molar-refractivity contribution < 1.29 is 0 Å². The van der Waals surface area contributed by atoms with Crippen molar-refractivity contribution in [1.82, 2.24) is 0 Å². The van der Waals surface area contributed by atoms with Crippen LogP contribution in [0, 0.1) is 16.7 Å². The maximum Gasteiger partial charge on any atom is 0.0280 e. The predicted molar refractivity (Wildman–Crippen MR) is 82.2 cm³/mol. The number of halogens is 1. The molecule has 0 aromatic carbocycles. The van der Waals surface area contributed by atoms with Crippen molar-refractivity contribution in [2.75, 3.05) is 17.9 Å². The Labute approximate surface area is 117 Å². The van der Waals surface area contributed by atoms with E-state index < -0.39 is 0 Å². The quantitative estimate of drug-likeness (QED) is 0.466. The Kier molecular flexibility index (Phi) is 6.19. The van der Waals surface area contributed by atoms with Crippen LogP contribution >= 0.6 is 23.4 Å². The molecule has 1 saturated carbocycles. The number of thioether (sulfide) groups is 1. The minimum absolute atomic E-state index is 0.471. The van der Waals surface area contributed by atoms with Crippen molar-refractivity contribution >= 4 is 23.4 Å². The summed E-state index contributed by atoms with van der Waals surface area (Å²) in [6.07, 6.45) is 10.4. The number of rotatable bonds is 5. The largest absolute Gasteiger partial charge is 0.165 e. The zero-order valence-electron chi connectivity index (χ0n) is 12.0. The molecule has 0 bridgehead atoms. The first-order valence-electron chi connectivity index (χ1n) is 6.98. The molecule has 1 aliphatic carbocycles. The second-order valence-corrected chi connectivity index (χ2v) is 8.12. The molecule has 0 radical (unpaired) electrons. The zero-order chi connectivity index (χ0) is 12.9. The van der Waals surface area contributed by atoms with Crippen molar-refractivity contribution in [2.45, 2.75) is 59.3 Å². The van der Waals surface area contributed by atoms with Crippen LogP contribution in [0.2, 0.25) is 0 Å². The Balaban J connectivity index is 2.45. The van der Waals surface area contributed by atoms with Gasteiger partial charge in [-0.15, -0.1) is 11.6 Å². The van der Waals surface area contributed by atoms with Gasteiger partial charge >= 0.3 is 0 Å². The molecule has 0 aromatic heterocycles. The van der Waals surface area contributed by atoms with Gasteiger partial charge in [0.1, 0.15) is 0 Å². The SMILES string of the molecule is CSCCCC1(CCl)CCC(C(C)(C)C)CC1. The normalized spacial score (nSPS) is 30.5. The van der Waals surface area contributed by atoms with Crippen LogP contribution < -0.4 is 0 Å². The van der Waals surface area contributed by atoms with E-state index in [9.17, 15) is 0 Å². The summed E-state index contributed by atoms with van der Waals surface area (Å²) >= 11 is 8.23. The molecule has 0 atom stereocenters. The van der Waals surface area contributed by atoms with E-state index in [0.29, 0.717) is 10.8 Å². The van der Waals surface area contributed by atoms with Crippen molar-refractivity contribution in [3.05, 3.63) is 0 Å². The molecule has 0 aliphatic heterocycles. The van der Waals surface area contributed by atoms with Crippen LogP contribution in [0.15, 0.2) is 0 Å². The summed E-state index contributed by atoms with van der Waals surface area (Å²) in [5, 5.41) is 0. The first kappa shape index (κ1) is 15.7. The van der Waals surface area contributed by atoms with Crippen molar-refractivity contribution in [3.8, 4) is 0 Å². The van der Waals surface area contributed by atoms with Crippen molar-refractivity contribution in [2.24, 2.45) is 16.7 Å². The Morgan fingerprint density at radius 1 is 1.24 bits per heavy atom. The fourth-order valence-electron chi connectivity index (χ4n) is 3.14. The maximum absolute atomic E-state index is 6.27. The van der Waals surface area contributed by atoms with Gasteiger partial charge in [0.05, 0.1) is 0 Å². The van der Waals surface area contributed by atoms with Crippen LogP contribution in [0.3, 0.4) is 0 Å². The average molecular weight is 277 g/mol. The van der Waals surface area contributed by atoms with E-state index in [1.165, 1.54) is 44.3 Å². The van der Waals surface area contributed by atoms with Crippen LogP contribution in [0.5, 0.6) is 0 Å². The molecular formula is C15H29ClS. The third kappa shape index (κ3) is 4.67. The lowest BCUT2D eigenvalue weighted by atomic mass is 9.63. The number of alkyl halides is 1. The molecule has 0 nitrogen and oxygen atoms in total. The van der Waals surface area contributed by atoms with Crippen LogP contribution in [0.4, 0.5) is 0 Å². The Hall–Kier alpha value is 0.640. The molecular weight excluding hydrogens is 248 g/mol. The highest BCUT2D eigenvalue weighted by atomic mass is 35.5. The van der Waals surface area contributed by atoms with Gasteiger partial charge < -0.3 is 0 Å². The van der Waals surface area contributed by atoms with E-state index in [1.54, 1.807) is 0 Å². The summed E-state index contributed by atoms with van der Waals surface area (Å²) in [7, 11) is 0. The number of hydrogen-bond acceptors (Lipinski definition) is 1. The summed E-state index contributed by atoms with van der Waals surface area (Å²) in [6.45, 7) is 7.16. The highest BCUT2D eigenvalue weighted by Gasteiger charge is 2.37. The topological polar surface area (TPSA) is 0 Å². The molecule has 1 aliphatic rings. The van der Waals surface area contributed by atoms with E-state index >= 15 is 0 Å². The van der Waals surface area contributed by atoms with Crippen LogP contribution in [0.1, 0.15) is 59.3 Å². The van der Waals surface area contributed by atoms with Crippen molar-refractivity contribution in [3.63, 3.8) is 0 Å². The van der Waals surface area contributed by atoms with Crippen molar-refractivity contribution in [1.29, 1.82) is 0 Å². The summed E-state index contributed by atoms with van der Waals surface area (Å²) in [4.78, 5) is 0. The average Bonchev–Trinajstić information content (AvgIpc) is 2.29. The molecule has 0 spiro atoms. The minimum Gasteiger partial charge on any atom is -0.165 e.